The van der Waals surface area contributed by atoms with Crippen LogP contribution >= 0.6 is 11.6 Å². The van der Waals surface area contributed by atoms with E-state index < -0.39 is 23.6 Å². The van der Waals surface area contributed by atoms with Gasteiger partial charge in [-0.05, 0) is 17.7 Å². The van der Waals surface area contributed by atoms with Crippen molar-refractivity contribution in [2.75, 3.05) is 40.1 Å². The SMILES string of the molecule is C=C/C(=C(/Cl)N(C)C)[C@H]1CN(C)C(=O)[C@@H]1C(=O)Nc1cccc(F)c1OC. The van der Waals surface area contributed by atoms with Gasteiger partial charge in [0, 0.05) is 33.6 Å². The van der Waals surface area contributed by atoms with Gasteiger partial charge >= 0.3 is 0 Å². The number of benzene rings is 1. The third-order valence-electron chi connectivity index (χ3n) is 4.48. The van der Waals surface area contributed by atoms with Crippen molar-refractivity contribution in [3.8, 4) is 5.75 Å². The van der Waals surface area contributed by atoms with Crippen molar-refractivity contribution in [2.45, 2.75) is 0 Å². The largest absolute Gasteiger partial charge is 0.492 e. The molecule has 1 N–H and O–H groups in total. The number of anilines is 1. The second kappa shape index (κ2) is 8.43. The number of methoxy groups -OCH3 is 1. The topological polar surface area (TPSA) is 61.9 Å². The van der Waals surface area contributed by atoms with Crippen LogP contribution < -0.4 is 10.1 Å². The quantitative estimate of drug-likeness (QED) is 0.457. The van der Waals surface area contributed by atoms with Crippen LogP contribution in [0.1, 0.15) is 0 Å². The zero-order chi connectivity index (χ0) is 20.3. The fourth-order valence-corrected chi connectivity index (χ4v) is 3.36. The minimum absolute atomic E-state index is 0.0907. The van der Waals surface area contributed by atoms with E-state index in [0.29, 0.717) is 17.3 Å². The van der Waals surface area contributed by atoms with Crippen molar-refractivity contribution in [3.05, 3.63) is 47.4 Å². The molecule has 2 atom stereocenters. The highest BCUT2D eigenvalue weighted by atomic mass is 35.5. The molecule has 0 aromatic heterocycles. The summed E-state index contributed by atoms with van der Waals surface area (Å²) in [6.45, 7) is 4.10. The number of amides is 2. The third-order valence-corrected chi connectivity index (χ3v) is 5.03. The first-order chi connectivity index (χ1) is 12.7. The number of carbonyl (C=O) groups excluding carboxylic acids is 2. The number of allylic oxidation sites excluding steroid dienone is 1. The number of halogens is 2. The van der Waals surface area contributed by atoms with Gasteiger partial charge in [-0.25, -0.2) is 4.39 Å². The lowest BCUT2D eigenvalue weighted by Gasteiger charge is -2.22. The minimum atomic E-state index is -1.01. The molecular weight excluding hydrogens is 373 g/mol. The maximum atomic E-state index is 13.9. The molecule has 1 saturated heterocycles. The number of ether oxygens (including phenoxy) is 1. The Bertz CT molecular complexity index is 794. The number of nitrogens with zero attached hydrogens (tertiary/aromatic N) is 2. The summed E-state index contributed by atoms with van der Waals surface area (Å²) in [6.07, 6.45) is 1.56. The van der Waals surface area contributed by atoms with Crippen molar-refractivity contribution in [2.24, 2.45) is 11.8 Å². The zero-order valence-electron chi connectivity index (χ0n) is 15.8. The monoisotopic (exact) mass is 395 g/mol. The molecule has 6 nitrogen and oxygen atoms in total. The van der Waals surface area contributed by atoms with E-state index >= 15 is 0 Å². The van der Waals surface area contributed by atoms with Crippen molar-refractivity contribution in [3.63, 3.8) is 0 Å². The first-order valence-corrected chi connectivity index (χ1v) is 8.68. The van der Waals surface area contributed by atoms with Gasteiger partial charge in [0.1, 0.15) is 11.1 Å². The summed E-state index contributed by atoms with van der Waals surface area (Å²) < 4.78 is 18.9. The van der Waals surface area contributed by atoms with Crippen LogP contribution in [0.2, 0.25) is 0 Å². The second-order valence-electron chi connectivity index (χ2n) is 6.46. The van der Waals surface area contributed by atoms with Gasteiger partial charge in [0.25, 0.3) is 0 Å². The molecule has 2 amide bonds. The Labute approximate surface area is 163 Å². The molecule has 1 aromatic carbocycles. The molecule has 0 saturated carbocycles. The van der Waals surface area contributed by atoms with Gasteiger partial charge in [0.05, 0.1) is 12.8 Å². The molecule has 1 fully saturated rings. The van der Waals surface area contributed by atoms with Crippen molar-refractivity contribution < 1.29 is 18.7 Å². The Balaban J connectivity index is 2.40. The third kappa shape index (κ3) is 4.08. The highest BCUT2D eigenvalue weighted by molar-refractivity contribution is 6.29. The molecule has 2 rings (SSSR count). The minimum Gasteiger partial charge on any atom is -0.492 e. The summed E-state index contributed by atoms with van der Waals surface area (Å²) in [5, 5.41) is 3.01. The molecule has 1 aliphatic heterocycles. The van der Waals surface area contributed by atoms with Crippen LogP contribution in [0.15, 0.2) is 41.6 Å². The molecule has 1 aromatic rings. The summed E-state index contributed by atoms with van der Waals surface area (Å²) >= 11 is 6.36. The predicted molar refractivity (Wildman–Crippen MR) is 103 cm³/mol. The van der Waals surface area contributed by atoms with Gasteiger partial charge in [-0.15, -0.1) is 0 Å². The first-order valence-electron chi connectivity index (χ1n) is 8.30. The molecule has 0 bridgehead atoms. The van der Waals surface area contributed by atoms with Gasteiger partial charge in [0.2, 0.25) is 11.8 Å². The number of carbonyl (C=O) groups is 2. The lowest BCUT2D eigenvalue weighted by molar-refractivity contribution is -0.135. The van der Waals surface area contributed by atoms with E-state index in [2.05, 4.69) is 11.9 Å². The van der Waals surface area contributed by atoms with E-state index in [0.717, 1.165) is 0 Å². The fourth-order valence-electron chi connectivity index (χ4n) is 3.14. The number of rotatable bonds is 6. The van der Waals surface area contributed by atoms with Crippen molar-refractivity contribution in [1.29, 1.82) is 0 Å². The van der Waals surface area contributed by atoms with Crippen LogP contribution in [-0.4, -0.2) is 56.4 Å². The highest BCUT2D eigenvalue weighted by Crippen LogP contribution is 2.35. The van der Waals surface area contributed by atoms with E-state index in [1.807, 2.05) is 0 Å². The summed E-state index contributed by atoms with van der Waals surface area (Å²) in [7, 11) is 6.45. The smallest absolute Gasteiger partial charge is 0.237 e. The van der Waals surface area contributed by atoms with Crippen LogP contribution in [0, 0.1) is 17.7 Å². The summed E-state index contributed by atoms with van der Waals surface area (Å²) in [5.74, 6) is -3.08. The Morgan fingerprint density at radius 2 is 2.15 bits per heavy atom. The molecular formula is C19H23ClFN3O3. The van der Waals surface area contributed by atoms with Crippen LogP contribution in [0.25, 0.3) is 0 Å². The number of hydrogen-bond acceptors (Lipinski definition) is 4. The molecule has 1 aliphatic rings. The van der Waals surface area contributed by atoms with Gasteiger partial charge < -0.3 is 19.9 Å². The number of para-hydroxylation sites is 1. The Hall–Kier alpha value is -2.54. The summed E-state index contributed by atoms with van der Waals surface area (Å²) in [6, 6.07) is 4.18. The standard InChI is InChI=1S/C19H23ClFN3O3/c1-6-11(17(20)23(2)3)12-10-24(4)19(26)15(12)18(25)22-14-9-7-8-13(21)16(14)27-5/h6-9,12,15H,1,10H2,2-5H3,(H,22,25)/b17-11+/t12-,15+/m1/s1. The molecule has 0 spiro atoms. The van der Waals surface area contributed by atoms with Gasteiger partial charge in [-0.2, -0.15) is 0 Å². The highest BCUT2D eigenvalue weighted by Gasteiger charge is 2.45. The van der Waals surface area contributed by atoms with E-state index in [4.69, 9.17) is 16.3 Å². The lowest BCUT2D eigenvalue weighted by Crippen LogP contribution is -2.34. The average molecular weight is 396 g/mol. The van der Waals surface area contributed by atoms with Crippen molar-refractivity contribution >= 4 is 29.1 Å². The van der Waals surface area contributed by atoms with E-state index in [1.165, 1.54) is 30.2 Å². The molecule has 0 radical (unpaired) electrons. The molecule has 0 unspecified atom stereocenters. The van der Waals surface area contributed by atoms with Gasteiger partial charge in [-0.3, -0.25) is 9.59 Å². The number of nitrogens with one attached hydrogen (secondary N) is 1. The van der Waals surface area contributed by atoms with E-state index in [-0.39, 0.29) is 17.3 Å². The Morgan fingerprint density at radius 1 is 1.48 bits per heavy atom. The number of hydrogen-bond donors (Lipinski definition) is 1. The molecule has 1 heterocycles. The average Bonchev–Trinajstić information content (AvgIpc) is 2.90. The second-order valence-corrected chi connectivity index (χ2v) is 6.82. The van der Waals surface area contributed by atoms with Gasteiger partial charge in [-0.1, -0.05) is 30.3 Å². The molecule has 146 valence electrons. The van der Waals surface area contributed by atoms with Gasteiger partial charge in [0.15, 0.2) is 11.6 Å². The normalized spacial score (nSPS) is 20.2. The Kier molecular flexibility index (Phi) is 6.49. The fraction of sp³-hybridized carbons (Fsp3) is 0.368. The summed E-state index contributed by atoms with van der Waals surface area (Å²) in [5.41, 5.74) is 0.761. The van der Waals surface area contributed by atoms with Crippen LogP contribution in [0.4, 0.5) is 10.1 Å². The zero-order valence-corrected chi connectivity index (χ0v) is 16.5. The first kappa shape index (κ1) is 20.8. The van der Waals surface area contributed by atoms with Crippen LogP contribution in [0.5, 0.6) is 5.75 Å². The molecule has 27 heavy (non-hydrogen) atoms. The van der Waals surface area contributed by atoms with Crippen LogP contribution in [-0.2, 0) is 9.59 Å². The molecule has 0 aliphatic carbocycles. The van der Waals surface area contributed by atoms with E-state index in [9.17, 15) is 14.0 Å². The predicted octanol–water partition coefficient (Wildman–Crippen LogP) is 2.68. The summed E-state index contributed by atoms with van der Waals surface area (Å²) in [4.78, 5) is 28.7. The maximum Gasteiger partial charge on any atom is 0.237 e. The molecule has 8 heteroatoms. The lowest BCUT2D eigenvalue weighted by atomic mass is 9.87. The Morgan fingerprint density at radius 3 is 2.70 bits per heavy atom. The van der Waals surface area contributed by atoms with E-state index in [1.54, 1.807) is 32.1 Å². The van der Waals surface area contributed by atoms with Crippen molar-refractivity contribution in [1.82, 2.24) is 9.80 Å². The maximum absolute atomic E-state index is 13.9. The van der Waals surface area contributed by atoms with Crippen LogP contribution in [0.3, 0.4) is 0 Å². The number of likely N-dealkylation sites (tertiary alicyclic amines) is 1.